The molecular formula is C18H22N4O4S2. The predicted molar refractivity (Wildman–Crippen MR) is 108 cm³/mol. The molecule has 0 saturated carbocycles. The van der Waals surface area contributed by atoms with Crippen LogP contribution in [0.2, 0.25) is 0 Å². The highest BCUT2D eigenvalue weighted by atomic mass is 32.2. The van der Waals surface area contributed by atoms with E-state index >= 15 is 0 Å². The molecule has 2 heterocycles. The minimum absolute atomic E-state index is 0.00262. The van der Waals surface area contributed by atoms with Crippen LogP contribution in [-0.4, -0.2) is 50.8 Å². The fourth-order valence-electron chi connectivity index (χ4n) is 3.03. The van der Waals surface area contributed by atoms with Crippen molar-refractivity contribution in [2.45, 2.75) is 23.8 Å². The van der Waals surface area contributed by atoms with E-state index in [4.69, 9.17) is 5.14 Å². The van der Waals surface area contributed by atoms with Crippen LogP contribution in [0.5, 0.6) is 0 Å². The van der Waals surface area contributed by atoms with Crippen molar-refractivity contribution in [1.82, 2.24) is 10.2 Å². The number of nitrogens with zero attached hydrogens (tertiary/aromatic N) is 1. The van der Waals surface area contributed by atoms with Gasteiger partial charge in [-0.25, -0.2) is 13.6 Å². The van der Waals surface area contributed by atoms with Gasteiger partial charge in [-0.2, -0.15) is 0 Å². The molecule has 0 bridgehead atoms. The number of likely N-dealkylation sites (tertiary alicyclic amines) is 1. The average molecular weight is 423 g/mol. The van der Waals surface area contributed by atoms with Crippen LogP contribution in [0, 0.1) is 0 Å². The highest BCUT2D eigenvalue weighted by Crippen LogP contribution is 2.15. The summed E-state index contributed by atoms with van der Waals surface area (Å²) < 4.78 is 22.5. The Kier molecular flexibility index (Phi) is 6.45. The fraction of sp³-hybridized carbons (Fsp3) is 0.333. The molecule has 0 aliphatic carbocycles. The molecule has 1 fully saturated rings. The summed E-state index contributed by atoms with van der Waals surface area (Å²) in [5.74, 6) is -0.224. The molecule has 10 heteroatoms. The van der Waals surface area contributed by atoms with E-state index in [0.29, 0.717) is 23.7 Å². The summed E-state index contributed by atoms with van der Waals surface area (Å²) in [5.41, 5.74) is 0.510. The molecule has 0 unspecified atom stereocenters. The molecule has 0 atom stereocenters. The SMILES string of the molecule is NS(=O)(=O)c1ccc(NC(=O)CN2CCC(NC(=O)c3cccs3)CC2)cc1. The number of hydrogen-bond acceptors (Lipinski definition) is 6. The second-order valence-corrected chi connectivity index (χ2v) is 9.13. The van der Waals surface area contributed by atoms with E-state index in [1.54, 1.807) is 6.07 Å². The highest BCUT2D eigenvalue weighted by Gasteiger charge is 2.22. The van der Waals surface area contributed by atoms with Gasteiger partial charge in [0.05, 0.1) is 16.3 Å². The van der Waals surface area contributed by atoms with Crippen LogP contribution in [0.25, 0.3) is 0 Å². The summed E-state index contributed by atoms with van der Waals surface area (Å²) in [6.07, 6.45) is 1.57. The molecule has 8 nitrogen and oxygen atoms in total. The fourth-order valence-corrected chi connectivity index (χ4v) is 4.17. The smallest absolute Gasteiger partial charge is 0.261 e. The number of amides is 2. The molecule has 28 heavy (non-hydrogen) atoms. The van der Waals surface area contributed by atoms with Crippen LogP contribution >= 0.6 is 11.3 Å². The zero-order valence-corrected chi connectivity index (χ0v) is 16.8. The van der Waals surface area contributed by atoms with Crippen LogP contribution in [-0.2, 0) is 14.8 Å². The van der Waals surface area contributed by atoms with Gasteiger partial charge < -0.3 is 10.6 Å². The predicted octanol–water partition coefficient (Wildman–Crippen LogP) is 1.23. The number of piperidine rings is 1. The monoisotopic (exact) mass is 422 g/mol. The first-order chi connectivity index (χ1) is 13.3. The maximum atomic E-state index is 12.2. The molecule has 150 valence electrons. The first kappa shape index (κ1) is 20.5. The maximum absolute atomic E-state index is 12.2. The lowest BCUT2D eigenvalue weighted by Gasteiger charge is -2.31. The van der Waals surface area contributed by atoms with Gasteiger partial charge >= 0.3 is 0 Å². The molecule has 1 aromatic heterocycles. The molecule has 3 rings (SSSR count). The molecule has 2 aromatic rings. The number of nitrogens with one attached hydrogen (secondary N) is 2. The Bertz CT molecular complexity index is 919. The molecule has 2 amide bonds. The summed E-state index contributed by atoms with van der Waals surface area (Å²) in [4.78, 5) is 27.0. The van der Waals surface area contributed by atoms with Gasteiger partial charge in [-0.3, -0.25) is 14.5 Å². The van der Waals surface area contributed by atoms with Gasteiger partial charge in [-0.05, 0) is 48.6 Å². The van der Waals surface area contributed by atoms with E-state index in [-0.39, 0.29) is 29.3 Å². The zero-order chi connectivity index (χ0) is 20.1. The van der Waals surface area contributed by atoms with Crippen LogP contribution in [0.3, 0.4) is 0 Å². The van der Waals surface area contributed by atoms with E-state index in [2.05, 4.69) is 10.6 Å². The summed E-state index contributed by atoms with van der Waals surface area (Å²) >= 11 is 1.42. The maximum Gasteiger partial charge on any atom is 0.261 e. The van der Waals surface area contributed by atoms with Gasteiger partial charge in [-0.15, -0.1) is 11.3 Å². The Morgan fingerprint density at radius 1 is 1.14 bits per heavy atom. The second kappa shape index (κ2) is 8.82. The number of nitrogens with two attached hydrogens (primary N) is 1. The number of rotatable bonds is 6. The van der Waals surface area contributed by atoms with Crippen molar-refractivity contribution in [2.24, 2.45) is 5.14 Å². The Morgan fingerprint density at radius 3 is 2.39 bits per heavy atom. The van der Waals surface area contributed by atoms with E-state index in [0.717, 1.165) is 12.8 Å². The number of carbonyl (C=O) groups excluding carboxylic acids is 2. The van der Waals surface area contributed by atoms with Gasteiger partial charge in [0.15, 0.2) is 0 Å². The minimum Gasteiger partial charge on any atom is -0.349 e. The van der Waals surface area contributed by atoms with Crippen LogP contribution in [0.4, 0.5) is 5.69 Å². The van der Waals surface area contributed by atoms with Crippen molar-refractivity contribution in [3.8, 4) is 0 Å². The van der Waals surface area contributed by atoms with Crippen LogP contribution in [0.1, 0.15) is 22.5 Å². The van der Waals surface area contributed by atoms with Crippen molar-refractivity contribution in [3.63, 3.8) is 0 Å². The number of thiophene rings is 1. The number of anilines is 1. The Labute approximate surface area is 167 Å². The van der Waals surface area contributed by atoms with Gasteiger partial charge in [0.2, 0.25) is 15.9 Å². The number of primary sulfonamides is 1. The molecule has 4 N–H and O–H groups in total. The zero-order valence-electron chi connectivity index (χ0n) is 15.1. The topological polar surface area (TPSA) is 122 Å². The highest BCUT2D eigenvalue weighted by molar-refractivity contribution is 7.89. The van der Waals surface area contributed by atoms with Crippen molar-refractivity contribution < 1.29 is 18.0 Å². The standard InChI is InChI=1S/C18H22N4O4S2/c19-28(25,26)15-5-3-13(4-6-15)20-17(23)12-22-9-7-14(8-10-22)21-18(24)16-2-1-11-27-16/h1-6,11,14H,7-10,12H2,(H,20,23)(H,21,24)(H2,19,25,26). The molecular weight excluding hydrogens is 400 g/mol. The van der Waals surface area contributed by atoms with Crippen molar-refractivity contribution in [3.05, 3.63) is 46.7 Å². The minimum atomic E-state index is -3.75. The van der Waals surface area contributed by atoms with Crippen LogP contribution in [0.15, 0.2) is 46.7 Å². The summed E-state index contributed by atoms with van der Waals surface area (Å²) in [7, 11) is -3.75. The lowest BCUT2D eigenvalue weighted by molar-refractivity contribution is -0.117. The number of carbonyl (C=O) groups is 2. The molecule has 0 radical (unpaired) electrons. The summed E-state index contributed by atoms with van der Waals surface area (Å²) in [5, 5.41) is 12.7. The normalized spacial score (nSPS) is 15.9. The Balaban J connectivity index is 1.43. The average Bonchev–Trinajstić information content (AvgIpc) is 3.18. The third-order valence-electron chi connectivity index (χ3n) is 4.50. The molecule has 0 spiro atoms. The van der Waals surface area contributed by atoms with Crippen molar-refractivity contribution in [1.29, 1.82) is 0 Å². The first-order valence-corrected chi connectivity index (χ1v) is 11.2. The van der Waals surface area contributed by atoms with Gasteiger partial charge in [-0.1, -0.05) is 6.07 Å². The quantitative estimate of drug-likeness (QED) is 0.646. The summed E-state index contributed by atoms with van der Waals surface area (Å²) in [6.45, 7) is 1.67. The third-order valence-corrected chi connectivity index (χ3v) is 6.30. The lowest BCUT2D eigenvalue weighted by Crippen LogP contribution is -2.46. The lowest BCUT2D eigenvalue weighted by atomic mass is 10.0. The van der Waals surface area contributed by atoms with E-state index in [1.807, 2.05) is 16.3 Å². The third kappa shape index (κ3) is 5.61. The van der Waals surface area contributed by atoms with Crippen molar-refractivity contribution >= 4 is 38.9 Å². The second-order valence-electron chi connectivity index (χ2n) is 6.62. The molecule has 1 saturated heterocycles. The summed E-state index contributed by atoms with van der Waals surface area (Å²) in [6, 6.07) is 9.48. The van der Waals surface area contributed by atoms with Crippen molar-refractivity contribution in [2.75, 3.05) is 25.0 Å². The van der Waals surface area contributed by atoms with Gasteiger partial charge in [0.1, 0.15) is 0 Å². The number of sulfonamides is 1. The van der Waals surface area contributed by atoms with E-state index < -0.39 is 10.0 Å². The largest absolute Gasteiger partial charge is 0.349 e. The molecule has 1 aliphatic rings. The van der Waals surface area contributed by atoms with E-state index in [9.17, 15) is 18.0 Å². The van der Waals surface area contributed by atoms with E-state index in [1.165, 1.54) is 35.6 Å². The first-order valence-electron chi connectivity index (χ1n) is 8.81. The molecule has 1 aromatic carbocycles. The Morgan fingerprint density at radius 2 is 1.82 bits per heavy atom. The number of hydrogen-bond donors (Lipinski definition) is 3. The van der Waals surface area contributed by atoms with Gasteiger partial charge in [0, 0.05) is 24.8 Å². The van der Waals surface area contributed by atoms with Crippen LogP contribution < -0.4 is 15.8 Å². The number of benzene rings is 1. The van der Waals surface area contributed by atoms with Gasteiger partial charge in [0.25, 0.3) is 5.91 Å². The Hall–Kier alpha value is -2.27. The molecule has 1 aliphatic heterocycles.